The molecule has 0 aromatic carbocycles. The molecule has 4 heteroatoms. The summed E-state index contributed by atoms with van der Waals surface area (Å²) in [6.45, 7) is 6.21. The largest absolute Gasteiger partial charge is 0.384 e. The Bertz CT molecular complexity index is 413. The van der Waals surface area contributed by atoms with E-state index in [1.807, 2.05) is 13.0 Å². The van der Waals surface area contributed by atoms with E-state index in [9.17, 15) is 5.11 Å². The predicted octanol–water partition coefficient (Wildman–Crippen LogP) is 2.32. The average molecular weight is 252 g/mol. The van der Waals surface area contributed by atoms with Gasteiger partial charge in [0.1, 0.15) is 11.4 Å². The monoisotopic (exact) mass is 252 g/mol. The van der Waals surface area contributed by atoms with E-state index in [0.717, 1.165) is 23.3 Å². The number of hydrogen-bond donors (Lipinski definition) is 2. The van der Waals surface area contributed by atoms with E-state index < -0.39 is 5.60 Å². The van der Waals surface area contributed by atoms with Gasteiger partial charge in [-0.2, -0.15) is 11.8 Å². The second kappa shape index (κ2) is 4.18. The Hall–Kier alpha value is -0.740. The van der Waals surface area contributed by atoms with Gasteiger partial charge in [-0.1, -0.05) is 13.8 Å². The van der Waals surface area contributed by atoms with E-state index >= 15 is 0 Å². The second-order valence-corrected chi connectivity index (χ2v) is 6.54. The third-order valence-corrected chi connectivity index (χ3v) is 5.02. The zero-order valence-corrected chi connectivity index (χ0v) is 11.5. The highest BCUT2D eigenvalue weighted by atomic mass is 32.2. The molecule has 94 valence electrons. The van der Waals surface area contributed by atoms with Crippen LogP contribution < -0.4 is 5.73 Å². The Kier molecular flexibility index (Phi) is 3.12. The van der Waals surface area contributed by atoms with E-state index in [2.05, 4.69) is 18.8 Å². The fourth-order valence-corrected chi connectivity index (χ4v) is 4.11. The molecule has 0 aliphatic carbocycles. The number of rotatable bonds is 1. The molecule has 1 aliphatic rings. The van der Waals surface area contributed by atoms with E-state index in [1.165, 1.54) is 0 Å². The van der Waals surface area contributed by atoms with Crippen LogP contribution in [-0.4, -0.2) is 21.6 Å². The maximum absolute atomic E-state index is 11.1. The summed E-state index contributed by atoms with van der Waals surface area (Å²) >= 11 is 1.78. The Morgan fingerprint density at radius 3 is 2.76 bits per heavy atom. The molecule has 0 bridgehead atoms. The zero-order valence-electron chi connectivity index (χ0n) is 10.7. The number of nitrogen functional groups attached to an aromatic ring is 1. The van der Waals surface area contributed by atoms with E-state index in [-0.39, 0.29) is 5.41 Å². The van der Waals surface area contributed by atoms with Crippen molar-refractivity contribution in [1.29, 1.82) is 0 Å². The number of aromatic nitrogens is 1. The normalized spacial score (nSPS) is 28.0. The standard InChI is InChI=1S/C13H20N2OS/c1-9-4-6-15-11(14)10(9)13(16)8-17-7-5-12(13,2)3/h4,6,16H,5,7-8H2,1-3H3,(H2,14,15). The molecule has 1 atom stereocenters. The van der Waals surface area contributed by atoms with Crippen molar-refractivity contribution in [1.82, 2.24) is 4.98 Å². The van der Waals surface area contributed by atoms with Gasteiger partial charge in [0, 0.05) is 17.5 Å². The van der Waals surface area contributed by atoms with Crippen LogP contribution in [-0.2, 0) is 5.60 Å². The summed E-state index contributed by atoms with van der Waals surface area (Å²) in [5, 5.41) is 11.1. The molecule has 1 aromatic rings. The highest BCUT2D eigenvalue weighted by molar-refractivity contribution is 7.99. The number of aryl methyl sites for hydroxylation is 1. The summed E-state index contributed by atoms with van der Waals surface area (Å²) in [6.07, 6.45) is 2.68. The number of hydrogen-bond acceptors (Lipinski definition) is 4. The molecular formula is C13H20N2OS. The molecule has 2 heterocycles. The smallest absolute Gasteiger partial charge is 0.129 e. The highest BCUT2D eigenvalue weighted by Gasteiger charge is 2.48. The van der Waals surface area contributed by atoms with Crippen molar-refractivity contribution in [2.24, 2.45) is 5.41 Å². The molecular weight excluding hydrogens is 232 g/mol. The van der Waals surface area contributed by atoms with Crippen LogP contribution in [0.15, 0.2) is 12.3 Å². The van der Waals surface area contributed by atoms with Crippen LogP contribution in [0.4, 0.5) is 5.82 Å². The number of nitrogens with two attached hydrogens (primary N) is 1. The van der Waals surface area contributed by atoms with Gasteiger partial charge in [-0.05, 0) is 36.1 Å². The van der Waals surface area contributed by atoms with Gasteiger partial charge >= 0.3 is 0 Å². The molecule has 2 rings (SSSR count). The molecule has 1 aliphatic heterocycles. The lowest BCUT2D eigenvalue weighted by atomic mass is 9.69. The minimum atomic E-state index is -0.877. The van der Waals surface area contributed by atoms with E-state index in [0.29, 0.717) is 11.6 Å². The quantitative estimate of drug-likeness (QED) is 0.805. The Labute approximate surface area is 107 Å². The molecule has 1 saturated heterocycles. The van der Waals surface area contributed by atoms with Gasteiger partial charge in [-0.3, -0.25) is 0 Å². The van der Waals surface area contributed by atoms with Crippen molar-refractivity contribution in [3.05, 3.63) is 23.4 Å². The third kappa shape index (κ3) is 1.93. The molecule has 0 spiro atoms. The van der Waals surface area contributed by atoms with Gasteiger partial charge in [0.15, 0.2) is 0 Å². The van der Waals surface area contributed by atoms with Gasteiger partial charge in [0.25, 0.3) is 0 Å². The first kappa shape index (κ1) is 12.7. The topological polar surface area (TPSA) is 59.1 Å². The van der Waals surface area contributed by atoms with Gasteiger partial charge in [0.2, 0.25) is 0 Å². The average Bonchev–Trinajstić information content (AvgIpc) is 2.22. The summed E-state index contributed by atoms with van der Waals surface area (Å²) < 4.78 is 0. The molecule has 0 saturated carbocycles. The van der Waals surface area contributed by atoms with Crippen molar-refractivity contribution in [3.8, 4) is 0 Å². The first-order valence-corrected chi connectivity index (χ1v) is 7.06. The van der Waals surface area contributed by atoms with Crippen LogP contribution in [0.5, 0.6) is 0 Å². The Balaban J connectivity index is 2.57. The number of thioether (sulfide) groups is 1. The van der Waals surface area contributed by atoms with Crippen LogP contribution >= 0.6 is 11.8 Å². The second-order valence-electron chi connectivity index (χ2n) is 5.43. The van der Waals surface area contributed by atoms with Gasteiger partial charge in [-0.15, -0.1) is 0 Å². The molecule has 0 amide bonds. The van der Waals surface area contributed by atoms with E-state index in [1.54, 1.807) is 18.0 Å². The fraction of sp³-hybridized carbons (Fsp3) is 0.615. The summed E-state index contributed by atoms with van der Waals surface area (Å²) in [6, 6.07) is 1.92. The number of aliphatic hydroxyl groups is 1. The summed E-state index contributed by atoms with van der Waals surface area (Å²) in [7, 11) is 0. The van der Waals surface area contributed by atoms with Crippen LogP contribution in [0.2, 0.25) is 0 Å². The minimum absolute atomic E-state index is 0.167. The molecule has 3 nitrogen and oxygen atoms in total. The predicted molar refractivity (Wildman–Crippen MR) is 73.0 cm³/mol. The zero-order chi connectivity index (χ0) is 12.7. The van der Waals surface area contributed by atoms with Gasteiger partial charge < -0.3 is 10.8 Å². The van der Waals surface area contributed by atoms with Crippen molar-refractivity contribution < 1.29 is 5.11 Å². The minimum Gasteiger partial charge on any atom is -0.384 e. The molecule has 17 heavy (non-hydrogen) atoms. The summed E-state index contributed by atoms with van der Waals surface area (Å²) in [5.41, 5.74) is 6.78. The Morgan fingerprint density at radius 2 is 2.18 bits per heavy atom. The third-order valence-electron chi connectivity index (χ3n) is 3.90. The van der Waals surface area contributed by atoms with Crippen molar-refractivity contribution in [2.45, 2.75) is 32.8 Å². The number of pyridine rings is 1. The van der Waals surface area contributed by atoms with Gasteiger partial charge in [-0.25, -0.2) is 4.98 Å². The lowest BCUT2D eigenvalue weighted by molar-refractivity contribution is -0.0579. The van der Waals surface area contributed by atoms with Crippen LogP contribution in [0.3, 0.4) is 0 Å². The van der Waals surface area contributed by atoms with Crippen LogP contribution in [0.1, 0.15) is 31.4 Å². The molecule has 3 N–H and O–H groups in total. The number of nitrogens with zero attached hydrogens (tertiary/aromatic N) is 1. The van der Waals surface area contributed by atoms with Crippen molar-refractivity contribution in [2.75, 3.05) is 17.2 Å². The summed E-state index contributed by atoms with van der Waals surface area (Å²) in [5.74, 6) is 2.24. The van der Waals surface area contributed by atoms with E-state index in [4.69, 9.17) is 5.73 Å². The first-order chi connectivity index (χ1) is 7.88. The molecule has 1 unspecified atom stereocenters. The van der Waals surface area contributed by atoms with Crippen LogP contribution in [0, 0.1) is 12.3 Å². The number of anilines is 1. The molecule has 0 radical (unpaired) electrons. The highest BCUT2D eigenvalue weighted by Crippen LogP contribution is 2.50. The molecule has 1 aromatic heterocycles. The van der Waals surface area contributed by atoms with Crippen molar-refractivity contribution >= 4 is 17.6 Å². The van der Waals surface area contributed by atoms with Crippen molar-refractivity contribution in [3.63, 3.8) is 0 Å². The molecule has 1 fully saturated rings. The maximum atomic E-state index is 11.1. The SMILES string of the molecule is Cc1ccnc(N)c1C1(O)CSCCC1(C)C. The van der Waals surface area contributed by atoms with Gasteiger partial charge in [0.05, 0.1) is 0 Å². The van der Waals surface area contributed by atoms with Crippen LogP contribution in [0.25, 0.3) is 0 Å². The fourth-order valence-electron chi connectivity index (χ4n) is 2.48. The Morgan fingerprint density at radius 1 is 1.47 bits per heavy atom. The lowest BCUT2D eigenvalue weighted by Crippen LogP contribution is -2.48. The first-order valence-electron chi connectivity index (χ1n) is 5.90. The lowest BCUT2D eigenvalue weighted by Gasteiger charge is -2.47. The summed E-state index contributed by atoms with van der Waals surface area (Å²) in [4.78, 5) is 4.13. The maximum Gasteiger partial charge on any atom is 0.129 e.